The quantitative estimate of drug-likeness (QED) is 0.192. The Bertz CT molecular complexity index is 685. The summed E-state index contributed by atoms with van der Waals surface area (Å²) in [5, 5.41) is 23.5. The van der Waals surface area contributed by atoms with Crippen molar-refractivity contribution in [2.24, 2.45) is 17.4 Å². The summed E-state index contributed by atoms with van der Waals surface area (Å²) < 4.78 is 0. The van der Waals surface area contributed by atoms with Gasteiger partial charge in [-0.15, -0.1) is 0 Å². The number of nitrogens with zero attached hydrogens (tertiary/aromatic N) is 1. The van der Waals surface area contributed by atoms with Crippen molar-refractivity contribution in [1.29, 1.82) is 0 Å². The molecule has 12 nitrogen and oxygen atoms in total. The zero-order valence-electron chi connectivity index (χ0n) is 17.9. The average molecular weight is 444 g/mol. The van der Waals surface area contributed by atoms with Crippen molar-refractivity contribution in [3.05, 3.63) is 0 Å². The van der Waals surface area contributed by atoms with Gasteiger partial charge in [0.15, 0.2) is 0 Å². The largest absolute Gasteiger partial charge is 0.480 e. The maximum atomic E-state index is 12.7. The zero-order valence-corrected chi connectivity index (χ0v) is 17.9. The van der Waals surface area contributed by atoms with E-state index in [1.54, 1.807) is 13.8 Å². The van der Waals surface area contributed by atoms with Gasteiger partial charge in [0.2, 0.25) is 23.6 Å². The first kappa shape index (κ1) is 26.3. The van der Waals surface area contributed by atoms with Gasteiger partial charge in [-0.05, 0) is 31.6 Å². The van der Waals surface area contributed by atoms with E-state index in [0.717, 1.165) is 0 Å². The lowest BCUT2D eigenvalue weighted by Crippen LogP contribution is -2.57. The number of likely N-dealkylation sites (tertiary alicyclic amines) is 1. The van der Waals surface area contributed by atoms with Gasteiger partial charge >= 0.3 is 5.97 Å². The number of aliphatic hydroxyl groups is 1. The van der Waals surface area contributed by atoms with E-state index in [2.05, 4.69) is 10.6 Å². The van der Waals surface area contributed by atoms with Crippen LogP contribution >= 0.6 is 0 Å². The lowest BCUT2D eigenvalue weighted by Gasteiger charge is -2.28. The van der Waals surface area contributed by atoms with E-state index < -0.39 is 60.4 Å². The van der Waals surface area contributed by atoms with Gasteiger partial charge < -0.3 is 37.2 Å². The number of carbonyl (C=O) groups excluding carboxylic acids is 4. The molecule has 0 aromatic rings. The number of hydrogen-bond acceptors (Lipinski definition) is 7. The lowest BCUT2D eigenvalue weighted by atomic mass is 10.0. The highest BCUT2D eigenvalue weighted by atomic mass is 16.4. The number of nitrogens with one attached hydrogen (secondary N) is 2. The molecule has 1 aliphatic rings. The van der Waals surface area contributed by atoms with Gasteiger partial charge in [0.25, 0.3) is 0 Å². The molecule has 0 spiro atoms. The smallest absolute Gasteiger partial charge is 0.326 e. The Morgan fingerprint density at radius 2 is 1.77 bits per heavy atom. The topological polar surface area (TPSA) is 205 Å². The van der Waals surface area contributed by atoms with Crippen molar-refractivity contribution in [2.75, 3.05) is 13.2 Å². The van der Waals surface area contributed by atoms with Crippen LogP contribution in [0.1, 0.15) is 46.0 Å². The third-order valence-electron chi connectivity index (χ3n) is 4.99. The zero-order chi connectivity index (χ0) is 23.7. The van der Waals surface area contributed by atoms with Crippen molar-refractivity contribution in [2.45, 2.75) is 70.1 Å². The molecule has 0 aromatic heterocycles. The minimum atomic E-state index is -1.37. The van der Waals surface area contributed by atoms with Crippen LogP contribution < -0.4 is 22.1 Å². The molecule has 31 heavy (non-hydrogen) atoms. The first-order valence-electron chi connectivity index (χ1n) is 10.3. The second-order valence-corrected chi connectivity index (χ2v) is 8.07. The highest BCUT2D eigenvalue weighted by molar-refractivity contribution is 5.94. The van der Waals surface area contributed by atoms with Crippen LogP contribution in [-0.2, 0) is 24.0 Å². The molecule has 1 saturated heterocycles. The first-order chi connectivity index (χ1) is 14.5. The summed E-state index contributed by atoms with van der Waals surface area (Å²) in [6.07, 6.45) is 1.04. The number of amides is 4. The van der Waals surface area contributed by atoms with Crippen LogP contribution in [0.2, 0.25) is 0 Å². The maximum absolute atomic E-state index is 12.7. The number of hydrogen-bond donors (Lipinski definition) is 6. The number of aliphatic carboxylic acids is 1. The number of carboxylic acid groups (broad SMARTS) is 1. The molecule has 0 radical (unpaired) electrons. The molecule has 4 amide bonds. The fourth-order valence-corrected chi connectivity index (χ4v) is 3.36. The molecule has 4 atom stereocenters. The van der Waals surface area contributed by atoms with Crippen LogP contribution in [-0.4, -0.2) is 82.0 Å². The summed E-state index contributed by atoms with van der Waals surface area (Å²) in [6, 6.07) is -4.42. The summed E-state index contributed by atoms with van der Waals surface area (Å²) in [6.45, 7) is 3.14. The van der Waals surface area contributed by atoms with E-state index >= 15 is 0 Å². The molecule has 4 unspecified atom stereocenters. The molecule has 0 bridgehead atoms. The van der Waals surface area contributed by atoms with Crippen LogP contribution in [0.4, 0.5) is 0 Å². The van der Waals surface area contributed by atoms with E-state index in [1.807, 2.05) is 0 Å². The van der Waals surface area contributed by atoms with Gasteiger partial charge in [-0.2, -0.15) is 0 Å². The summed E-state index contributed by atoms with van der Waals surface area (Å²) in [5.74, 6) is -3.81. The van der Waals surface area contributed by atoms with Crippen molar-refractivity contribution in [1.82, 2.24) is 15.5 Å². The Kier molecular flexibility index (Phi) is 10.4. The number of carboxylic acids is 1. The highest BCUT2D eigenvalue weighted by Gasteiger charge is 2.37. The molecule has 176 valence electrons. The molecule has 1 fully saturated rings. The van der Waals surface area contributed by atoms with Crippen LogP contribution in [0.15, 0.2) is 0 Å². The summed E-state index contributed by atoms with van der Waals surface area (Å²) in [7, 11) is 0. The third-order valence-corrected chi connectivity index (χ3v) is 4.99. The van der Waals surface area contributed by atoms with E-state index in [0.29, 0.717) is 12.8 Å². The van der Waals surface area contributed by atoms with Crippen molar-refractivity contribution < 1.29 is 34.2 Å². The highest BCUT2D eigenvalue weighted by Crippen LogP contribution is 2.19. The molecule has 0 aromatic carbocycles. The molecule has 0 aliphatic carbocycles. The van der Waals surface area contributed by atoms with E-state index in [1.165, 1.54) is 4.90 Å². The van der Waals surface area contributed by atoms with Crippen molar-refractivity contribution in [3.8, 4) is 0 Å². The summed E-state index contributed by atoms with van der Waals surface area (Å²) >= 11 is 0. The monoisotopic (exact) mass is 443 g/mol. The Labute approximate surface area is 180 Å². The molecular weight excluding hydrogens is 410 g/mol. The number of primary amides is 1. The molecular formula is C19H33N5O7. The maximum Gasteiger partial charge on any atom is 0.326 e. The van der Waals surface area contributed by atoms with Crippen molar-refractivity contribution in [3.63, 3.8) is 0 Å². The molecule has 0 saturated carbocycles. The van der Waals surface area contributed by atoms with Gasteiger partial charge in [0, 0.05) is 13.0 Å². The second-order valence-electron chi connectivity index (χ2n) is 8.07. The summed E-state index contributed by atoms with van der Waals surface area (Å²) in [4.78, 5) is 61.2. The van der Waals surface area contributed by atoms with E-state index in [-0.39, 0.29) is 31.7 Å². The van der Waals surface area contributed by atoms with E-state index in [9.17, 15) is 34.2 Å². The van der Waals surface area contributed by atoms with Gasteiger partial charge in [0.05, 0.1) is 12.6 Å². The number of aliphatic hydroxyl groups excluding tert-OH is 1. The standard InChI is InChI=1S/C19H33N5O7/c1-10(2)8-12(19(30)31)22-16(27)13(9-25)23-17(28)14-4-3-7-24(14)18(29)11(20)5-6-15(21)26/h10-14,25H,3-9,20H2,1-2H3,(H2,21,26)(H,22,27)(H,23,28)(H,30,31). The molecule has 12 heteroatoms. The van der Waals surface area contributed by atoms with Gasteiger partial charge in [-0.25, -0.2) is 4.79 Å². The van der Waals surface area contributed by atoms with Crippen LogP contribution in [0.3, 0.4) is 0 Å². The van der Waals surface area contributed by atoms with Gasteiger partial charge in [-0.3, -0.25) is 19.2 Å². The Balaban J connectivity index is 2.77. The number of rotatable bonds is 12. The molecule has 8 N–H and O–H groups in total. The predicted molar refractivity (Wildman–Crippen MR) is 109 cm³/mol. The lowest BCUT2D eigenvalue weighted by molar-refractivity contribution is -0.143. The van der Waals surface area contributed by atoms with Crippen molar-refractivity contribution >= 4 is 29.6 Å². The number of carbonyl (C=O) groups is 5. The Morgan fingerprint density at radius 1 is 1.13 bits per heavy atom. The van der Waals surface area contributed by atoms with Gasteiger partial charge in [0.1, 0.15) is 18.1 Å². The molecule has 1 heterocycles. The second kappa shape index (κ2) is 12.2. The van der Waals surface area contributed by atoms with Gasteiger partial charge in [-0.1, -0.05) is 13.8 Å². The number of nitrogens with two attached hydrogens (primary N) is 2. The van der Waals surface area contributed by atoms with Crippen LogP contribution in [0.25, 0.3) is 0 Å². The summed E-state index contributed by atoms with van der Waals surface area (Å²) in [5.41, 5.74) is 10.9. The molecule has 1 rings (SSSR count). The van der Waals surface area contributed by atoms with Crippen LogP contribution in [0.5, 0.6) is 0 Å². The fourth-order valence-electron chi connectivity index (χ4n) is 3.36. The minimum absolute atomic E-state index is 0.000371. The van der Waals surface area contributed by atoms with Crippen LogP contribution in [0, 0.1) is 5.92 Å². The molecule has 1 aliphatic heterocycles. The third kappa shape index (κ3) is 8.13. The normalized spacial score (nSPS) is 18.9. The van der Waals surface area contributed by atoms with E-state index in [4.69, 9.17) is 11.5 Å². The SMILES string of the molecule is CC(C)CC(NC(=O)C(CO)NC(=O)C1CCCN1C(=O)C(N)CCC(N)=O)C(=O)O. The Morgan fingerprint density at radius 3 is 2.29 bits per heavy atom. The average Bonchev–Trinajstić information content (AvgIpc) is 3.18. The first-order valence-corrected chi connectivity index (χ1v) is 10.3. The fraction of sp³-hybridized carbons (Fsp3) is 0.737. The minimum Gasteiger partial charge on any atom is -0.480 e. The Hall–Kier alpha value is -2.73. The predicted octanol–water partition coefficient (Wildman–Crippen LogP) is -2.34.